The summed E-state index contributed by atoms with van der Waals surface area (Å²) in [4.78, 5) is 13.4. The summed E-state index contributed by atoms with van der Waals surface area (Å²) in [6, 6.07) is 21.0. The van der Waals surface area contributed by atoms with Gasteiger partial charge in [0, 0.05) is 24.1 Å². The molecule has 0 aliphatic heterocycles. The number of fused-ring (bicyclic) bond motifs is 1. The third-order valence-corrected chi connectivity index (χ3v) is 6.09. The van der Waals surface area contributed by atoms with E-state index in [0.717, 1.165) is 39.8 Å². The molecule has 35 heavy (non-hydrogen) atoms. The third-order valence-electron chi connectivity index (χ3n) is 6.09. The maximum atomic E-state index is 13.4. The fourth-order valence-corrected chi connectivity index (χ4v) is 4.31. The van der Waals surface area contributed by atoms with Gasteiger partial charge in [0.15, 0.2) is 0 Å². The summed E-state index contributed by atoms with van der Waals surface area (Å²) in [5, 5.41) is 14.2. The number of ether oxygens (including phenoxy) is 2. The molecule has 0 unspecified atom stereocenters. The first-order chi connectivity index (χ1) is 17.0. The summed E-state index contributed by atoms with van der Waals surface area (Å²) in [6.45, 7) is 2.37. The predicted octanol–water partition coefficient (Wildman–Crippen LogP) is 4.98. The Labute approximate surface area is 206 Å². The molecule has 4 aromatic rings. The van der Waals surface area contributed by atoms with Gasteiger partial charge in [0.2, 0.25) is 0 Å². The van der Waals surface area contributed by atoms with Gasteiger partial charge in [0.05, 0.1) is 31.9 Å². The Morgan fingerprint density at radius 1 is 1.06 bits per heavy atom. The molecule has 0 saturated heterocycles. The summed E-state index contributed by atoms with van der Waals surface area (Å²) in [5.41, 5.74) is 4.46. The first kappa shape index (κ1) is 24.4. The summed E-state index contributed by atoms with van der Waals surface area (Å²) in [7, 11) is 3.63. The Kier molecular flexibility index (Phi) is 7.73. The summed E-state index contributed by atoms with van der Waals surface area (Å²) in [5.74, 6) is 0.994. The van der Waals surface area contributed by atoms with E-state index in [1.807, 2.05) is 68.6 Å². The highest BCUT2D eigenvalue weighted by Gasteiger charge is 2.20. The fraction of sp³-hybridized carbons (Fsp3) is 0.276. The van der Waals surface area contributed by atoms with Crippen LogP contribution < -0.4 is 14.8 Å². The van der Waals surface area contributed by atoms with Crippen LogP contribution in [-0.4, -0.2) is 41.9 Å². The molecule has 182 valence electrons. The summed E-state index contributed by atoms with van der Waals surface area (Å²) in [6.07, 6.45) is 3.40. The van der Waals surface area contributed by atoms with Crippen LogP contribution in [0.4, 0.5) is 0 Å². The lowest BCUT2D eigenvalue weighted by molar-refractivity contribution is 0.0912. The number of hydrogen-bond acceptors (Lipinski definition) is 4. The number of methoxy groups -OCH3 is 1. The molecule has 2 N–H and O–H groups in total. The molecule has 6 nitrogen and oxygen atoms in total. The van der Waals surface area contributed by atoms with Gasteiger partial charge in [-0.1, -0.05) is 43.3 Å². The van der Waals surface area contributed by atoms with Crippen molar-refractivity contribution in [1.29, 1.82) is 0 Å². The van der Waals surface area contributed by atoms with E-state index in [2.05, 4.69) is 28.2 Å². The molecule has 0 bridgehead atoms. The smallest absolute Gasteiger partial charge is 0.255 e. The van der Waals surface area contributed by atoms with E-state index in [9.17, 15) is 9.90 Å². The van der Waals surface area contributed by atoms with Crippen LogP contribution in [0.15, 0.2) is 72.9 Å². The minimum atomic E-state index is -0.437. The lowest BCUT2D eigenvalue weighted by Crippen LogP contribution is -2.39. The van der Waals surface area contributed by atoms with Crippen molar-refractivity contribution in [1.82, 2.24) is 9.88 Å². The molecular weight excluding hydrogens is 440 g/mol. The first-order valence-electron chi connectivity index (χ1n) is 11.9. The van der Waals surface area contributed by atoms with Gasteiger partial charge >= 0.3 is 0 Å². The van der Waals surface area contributed by atoms with E-state index in [-0.39, 0.29) is 12.5 Å². The second-order valence-electron chi connectivity index (χ2n) is 8.63. The molecule has 1 heterocycles. The summed E-state index contributed by atoms with van der Waals surface area (Å²) < 4.78 is 13.3. The second kappa shape index (κ2) is 11.1. The Balaban J connectivity index is 1.61. The van der Waals surface area contributed by atoms with Crippen LogP contribution in [0.2, 0.25) is 0 Å². The first-order valence-corrected chi connectivity index (χ1v) is 11.9. The van der Waals surface area contributed by atoms with Crippen molar-refractivity contribution in [3.05, 3.63) is 84.1 Å². The maximum Gasteiger partial charge on any atom is 0.255 e. The lowest BCUT2D eigenvalue weighted by Gasteiger charge is -2.18. The number of para-hydroxylation sites is 1. The number of aliphatic hydroxyl groups excluding tert-OH is 1. The highest BCUT2D eigenvalue weighted by Crippen LogP contribution is 2.29. The van der Waals surface area contributed by atoms with Crippen molar-refractivity contribution in [2.45, 2.75) is 25.8 Å². The van der Waals surface area contributed by atoms with Gasteiger partial charge in [-0.05, 0) is 59.9 Å². The monoisotopic (exact) mass is 472 g/mol. The lowest BCUT2D eigenvalue weighted by atomic mass is 10.0. The molecule has 0 radical (unpaired) electrons. The van der Waals surface area contributed by atoms with Gasteiger partial charge in [-0.3, -0.25) is 4.79 Å². The number of amides is 1. The number of benzene rings is 3. The normalized spacial score (nSPS) is 11.9. The molecule has 0 fully saturated rings. The van der Waals surface area contributed by atoms with E-state index in [1.54, 1.807) is 7.11 Å². The maximum absolute atomic E-state index is 13.4. The van der Waals surface area contributed by atoms with Crippen LogP contribution in [0.3, 0.4) is 0 Å². The SMILES string of the molecule is CCCOc1ccc(-c2cccc(OC)c2)cc1C(=O)N[C@@H](CO)Cc1cn(C)c2ccccc12. The van der Waals surface area contributed by atoms with E-state index in [1.165, 1.54) is 0 Å². The molecule has 3 aromatic carbocycles. The van der Waals surface area contributed by atoms with Crippen molar-refractivity contribution in [3.63, 3.8) is 0 Å². The number of nitrogens with zero attached hydrogens (tertiary/aromatic N) is 1. The predicted molar refractivity (Wildman–Crippen MR) is 139 cm³/mol. The molecule has 1 aromatic heterocycles. The molecule has 4 rings (SSSR count). The van der Waals surface area contributed by atoms with Crippen LogP contribution in [0, 0.1) is 0 Å². The largest absolute Gasteiger partial charge is 0.497 e. The van der Waals surface area contributed by atoms with Crippen LogP contribution in [-0.2, 0) is 13.5 Å². The minimum Gasteiger partial charge on any atom is -0.497 e. The van der Waals surface area contributed by atoms with Crippen molar-refractivity contribution in [2.24, 2.45) is 7.05 Å². The number of aryl methyl sites for hydroxylation is 1. The van der Waals surface area contributed by atoms with Gasteiger partial charge in [0.1, 0.15) is 11.5 Å². The van der Waals surface area contributed by atoms with Gasteiger partial charge < -0.3 is 24.5 Å². The van der Waals surface area contributed by atoms with Gasteiger partial charge in [-0.25, -0.2) is 0 Å². The van der Waals surface area contributed by atoms with Crippen molar-refractivity contribution in [2.75, 3.05) is 20.3 Å². The van der Waals surface area contributed by atoms with Crippen molar-refractivity contribution < 1.29 is 19.4 Å². The number of aromatic nitrogens is 1. The number of rotatable bonds is 10. The molecule has 0 spiro atoms. The van der Waals surface area contributed by atoms with Crippen LogP contribution >= 0.6 is 0 Å². The zero-order valence-corrected chi connectivity index (χ0v) is 20.5. The topological polar surface area (TPSA) is 72.7 Å². The van der Waals surface area contributed by atoms with Gasteiger partial charge in [-0.15, -0.1) is 0 Å². The van der Waals surface area contributed by atoms with Gasteiger partial charge in [-0.2, -0.15) is 0 Å². The number of carbonyl (C=O) groups is 1. The van der Waals surface area contributed by atoms with Crippen LogP contribution in [0.25, 0.3) is 22.0 Å². The zero-order valence-electron chi connectivity index (χ0n) is 20.5. The van der Waals surface area contributed by atoms with Crippen LogP contribution in [0.5, 0.6) is 11.5 Å². The quantitative estimate of drug-likeness (QED) is 0.342. The molecule has 0 saturated carbocycles. The average molecular weight is 473 g/mol. The molecular formula is C29H32N2O4. The fourth-order valence-electron chi connectivity index (χ4n) is 4.31. The Hall–Kier alpha value is -3.77. The highest BCUT2D eigenvalue weighted by atomic mass is 16.5. The third kappa shape index (κ3) is 5.49. The molecule has 1 atom stereocenters. The summed E-state index contributed by atoms with van der Waals surface area (Å²) >= 11 is 0. The number of hydrogen-bond donors (Lipinski definition) is 2. The molecule has 0 aliphatic carbocycles. The molecule has 1 amide bonds. The van der Waals surface area contributed by atoms with E-state index >= 15 is 0 Å². The minimum absolute atomic E-state index is 0.171. The second-order valence-corrected chi connectivity index (χ2v) is 8.63. The number of aliphatic hydroxyl groups is 1. The number of carbonyl (C=O) groups excluding carboxylic acids is 1. The Bertz CT molecular complexity index is 1310. The van der Waals surface area contributed by atoms with Crippen molar-refractivity contribution >= 4 is 16.8 Å². The van der Waals surface area contributed by atoms with E-state index in [4.69, 9.17) is 9.47 Å². The Morgan fingerprint density at radius 3 is 2.63 bits per heavy atom. The standard InChI is InChI=1S/C29H32N2O4/c1-4-14-35-28-13-12-21(20-8-7-9-24(16-20)34-3)17-26(28)29(33)30-23(19-32)15-22-18-31(2)27-11-6-5-10-25(22)27/h5-13,16-18,23,32H,4,14-15,19H2,1-3H3,(H,30,33)/t23-/m1/s1. The molecule has 0 aliphatic rings. The van der Waals surface area contributed by atoms with E-state index < -0.39 is 6.04 Å². The zero-order chi connectivity index (χ0) is 24.8. The van der Waals surface area contributed by atoms with Gasteiger partial charge in [0.25, 0.3) is 5.91 Å². The average Bonchev–Trinajstić information content (AvgIpc) is 3.21. The van der Waals surface area contributed by atoms with Crippen molar-refractivity contribution in [3.8, 4) is 22.6 Å². The number of nitrogens with one attached hydrogen (secondary N) is 1. The van der Waals surface area contributed by atoms with Crippen LogP contribution in [0.1, 0.15) is 29.3 Å². The Morgan fingerprint density at radius 2 is 1.86 bits per heavy atom. The van der Waals surface area contributed by atoms with E-state index in [0.29, 0.717) is 24.3 Å². The molecule has 6 heteroatoms. The highest BCUT2D eigenvalue weighted by molar-refractivity contribution is 5.98.